The van der Waals surface area contributed by atoms with Crippen LogP contribution in [0, 0.1) is 0 Å². The van der Waals surface area contributed by atoms with Gasteiger partial charge in [0.15, 0.2) is 0 Å². The molecule has 0 saturated heterocycles. The number of ether oxygens (including phenoxy) is 1. The lowest BCUT2D eigenvalue weighted by Gasteiger charge is -2.27. The van der Waals surface area contributed by atoms with E-state index in [4.69, 9.17) is 4.74 Å². The fourth-order valence-corrected chi connectivity index (χ4v) is 2.98. The summed E-state index contributed by atoms with van der Waals surface area (Å²) in [6.07, 6.45) is 8.12. The molecule has 2 rings (SSSR count). The fraction of sp³-hybridized carbons (Fsp3) is 0.588. The molecule has 1 aromatic rings. The van der Waals surface area contributed by atoms with E-state index in [2.05, 4.69) is 11.9 Å². The first-order chi connectivity index (χ1) is 9.70. The van der Waals surface area contributed by atoms with Gasteiger partial charge in [-0.2, -0.15) is 0 Å². The molecule has 20 heavy (non-hydrogen) atoms. The van der Waals surface area contributed by atoms with Crippen molar-refractivity contribution < 1.29 is 9.53 Å². The molecule has 1 aromatic carbocycles. The predicted molar refractivity (Wildman–Crippen MR) is 80.7 cm³/mol. The summed E-state index contributed by atoms with van der Waals surface area (Å²) in [5.41, 5.74) is 1.87. The van der Waals surface area contributed by atoms with E-state index in [1.54, 1.807) is 0 Å². The molecule has 0 unspecified atom stereocenters. The second-order valence-electron chi connectivity index (χ2n) is 5.75. The summed E-state index contributed by atoms with van der Waals surface area (Å²) in [5.74, 6) is -0.270. The molecule has 0 bridgehead atoms. The number of nitrogens with zero attached hydrogens (tertiary/aromatic N) is 1. The molecule has 3 heteroatoms. The fourth-order valence-electron chi connectivity index (χ4n) is 2.98. The van der Waals surface area contributed by atoms with E-state index >= 15 is 0 Å². The van der Waals surface area contributed by atoms with Crippen LogP contribution < -0.4 is 0 Å². The van der Waals surface area contributed by atoms with Gasteiger partial charge in [-0.3, -0.25) is 4.90 Å². The minimum atomic E-state index is -0.270. The highest BCUT2D eigenvalue weighted by atomic mass is 16.5. The predicted octanol–water partition coefficient (Wildman–Crippen LogP) is 3.63. The Morgan fingerprint density at radius 1 is 1.15 bits per heavy atom. The van der Waals surface area contributed by atoms with E-state index < -0.39 is 0 Å². The molecule has 0 heterocycles. The standard InChI is InChI=1S/C17H25NO2/c1-18(16-7-5-3-4-6-8-16)13-14-9-11-15(12-10-14)17(19)20-2/h9-12,16H,3-8,13H2,1-2H3. The van der Waals surface area contributed by atoms with Crippen LogP contribution in [0.15, 0.2) is 24.3 Å². The topological polar surface area (TPSA) is 29.5 Å². The Morgan fingerprint density at radius 2 is 1.75 bits per heavy atom. The highest BCUT2D eigenvalue weighted by Crippen LogP contribution is 2.22. The number of carbonyl (C=O) groups excluding carboxylic acids is 1. The van der Waals surface area contributed by atoms with E-state index in [0.717, 1.165) is 6.54 Å². The summed E-state index contributed by atoms with van der Waals surface area (Å²) in [6, 6.07) is 8.46. The third-order valence-corrected chi connectivity index (χ3v) is 4.26. The zero-order chi connectivity index (χ0) is 14.4. The van der Waals surface area contributed by atoms with Crippen molar-refractivity contribution in [2.24, 2.45) is 0 Å². The summed E-state index contributed by atoms with van der Waals surface area (Å²) in [7, 11) is 3.63. The monoisotopic (exact) mass is 275 g/mol. The van der Waals surface area contributed by atoms with Crippen molar-refractivity contribution in [3.63, 3.8) is 0 Å². The van der Waals surface area contributed by atoms with Gasteiger partial charge in [-0.1, -0.05) is 37.8 Å². The first-order valence-corrected chi connectivity index (χ1v) is 7.58. The largest absolute Gasteiger partial charge is 0.465 e. The zero-order valence-electron chi connectivity index (χ0n) is 12.6. The first kappa shape index (κ1) is 15.0. The molecular weight excluding hydrogens is 250 g/mol. The van der Waals surface area contributed by atoms with Gasteiger partial charge in [0.05, 0.1) is 12.7 Å². The van der Waals surface area contributed by atoms with Crippen molar-refractivity contribution in [3.05, 3.63) is 35.4 Å². The molecule has 0 atom stereocenters. The number of esters is 1. The van der Waals surface area contributed by atoms with Gasteiger partial charge < -0.3 is 4.74 Å². The maximum atomic E-state index is 11.4. The van der Waals surface area contributed by atoms with Crippen molar-refractivity contribution in [1.29, 1.82) is 0 Å². The summed E-state index contributed by atoms with van der Waals surface area (Å²) in [5, 5.41) is 0. The van der Waals surface area contributed by atoms with E-state index in [1.807, 2.05) is 24.3 Å². The van der Waals surface area contributed by atoms with Crippen LogP contribution in [0.25, 0.3) is 0 Å². The van der Waals surface area contributed by atoms with Crippen LogP contribution in [-0.2, 0) is 11.3 Å². The number of hydrogen-bond acceptors (Lipinski definition) is 3. The average Bonchev–Trinajstić information content (AvgIpc) is 2.76. The van der Waals surface area contributed by atoms with Gasteiger partial charge in [-0.05, 0) is 37.6 Å². The van der Waals surface area contributed by atoms with Crippen LogP contribution in [0.2, 0.25) is 0 Å². The number of carbonyl (C=O) groups is 1. The minimum absolute atomic E-state index is 0.270. The molecule has 110 valence electrons. The van der Waals surface area contributed by atoms with Gasteiger partial charge in [0.25, 0.3) is 0 Å². The lowest BCUT2D eigenvalue weighted by atomic mass is 10.1. The molecule has 1 fully saturated rings. The quantitative estimate of drug-likeness (QED) is 0.621. The normalized spacial score (nSPS) is 16.9. The Morgan fingerprint density at radius 3 is 2.30 bits per heavy atom. The summed E-state index contributed by atoms with van der Waals surface area (Å²) >= 11 is 0. The van der Waals surface area contributed by atoms with Crippen LogP contribution in [0.5, 0.6) is 0 Å². The van der Waals surface area contributed by atoms with Crippen LogP contribution in [-0.4, -0.2) is 31.1 Å². The Balaban J connectivity index is 1.93. The van der Waals surface area contributed by atoms with Gasteiger partial charge in [0, 0.05) is 12.6 Å². The van der Waals surface area contributed by atoms with Gasteiger partial charge in [-0.25, -0.2) is 4.79 Å². The molecule has 0 aromatic heterocycles. The van der Waals surface area contributed by atoms with E-state index in [9.17, 15) is 4.79 Å². The summed E-state index contributed by atoms with van der Waals surface area (Å²) < 4.78 is 4.72. The van der Waals surface area contributed by atoms with Crippen LogP contribution in [0.1, 0.15) is 54.4 Å². The van der Waals surface area contributed by atoms with Crippen LogP contribution in [0.3, 0.4) is 0 Å². The van der Waals surface area contributed by atoms with Crippen molar-refractivity contribution in [2.75, 3.05) is 14.2 Å². The lowest BCUT2D eigenvalue weighted by Crippen LogP contribution is -2.30. The molecule has 0 spiro atoms. The van der Waals surface area contributed by atoms with Gasteiger partial charge in [0.1, 0.15) is 0 Å². The molecule has 0 N–H and O–H groups in total. The molecule has 1 saturated carbocycles. The van der Waals surface area contributed by atoms with Crippen molar-refractivity contribution >= 4 is 5.97 Å². The lowest BCUT2D eigenvalue weighted by molar-refractivity contribution is 0.0600. The Labute approximate surface area is 121 Å². The van der Waals surface area contributed by atoms with E-state index in [1.165, 1.54) is 51.2 Å². The van der Waals surface area contributed by atoms with Crippen LogP contribution in [0.4, 0.5) is 0 Å². The molecule has 0 radical (unpaired) electrons. The van der Waals surface area contributed by atoms with Gasteiger partial charge in [-0.15, -0.1) is 0 Å². The van der Waals surface area contributed by atoms with Gasteiger partial charge in [0.2, 0.25) is 0 Å². The third kappa shape index (κ3) is 4.07. The number of hydrogen-bond donors (Lipinski definition) is 0. The maximum Gasteiger partial charge on any atom is 0.337 e. The maximum absolute atomic E-state index is 11.4. The second kappa shape index (κ2) is 7.44. The summed E-state index contributed by atoms with van der Waals surface area (Å²) in [4.78, 5) is 13.9. The Hall–Kier alpha value is -1.35. The molecule has 3 nitrogen and oxygen atoms in total. The molecule has 1 aliphatic carbocycles. The van der Waals surface area contributed by atoms with Crippen molar-refractivity contribution in [2.45, 2.75) is 51.1 Å². The number of benzene rings is 1. The van der Waals surface area contributed by atoms with Gasteiger partial charge >= 0.3 is 5.97 Å². The first-order valence-electron chi connectivity index (χ1n) is 7.58. The zero-order valence-corrected chi connectivity index (χ0v) is 12.6. The van der Waals surface area contributed by atoms with Crippen molar-refractivity contribution in [1.82, 2.24) is 4.90 Å². The third-order valence-electron chi connectivity index (χ3n) is 4.26. The molecule has 0 amide bonds. The molecular formula is C17H25NO2. The Kier molecular flexibility index (Phi) is 5.60. The van der Waals surface area contributed by atoms with Crippen LogP contribution >= 0.6 is 0 Å². The molecule has 0 aliphatic heterocycles. The van der Waals surface area contributed by atoms with Crippen molar-refractivity contribution in [3.8, 4) is 0 Å². The van der Waals surface area contributed by atoms with E-state index in [0.29, 0.717) is 11.6 Å². The number of methoxy groups -OCH3 is 1. The average molecular weight is 275 g/mol. The minimum Gasteiger partial charge on any atom is -0.465 e. The smallest absolute Gasteiger partial charge is 0.337 e. The molecule has 1 aliphatic rings. The van der Waals surface area contributed by atoms with E-state index in [-0.39, 0.29) is 5.97 Å². The summed E-state index contributed by atoms with van der Waals surface area (Å²) in [6.45, 7) is 0.951. The number of rotatable bonds is 4. The highest BCUT2D eigenvalue weighted by Gasteiger charge is 2.17. The SMILES string of the molecule is COC(=O)c1ccc(CN(C)C2CCCCCC2)cc1. The highest BCUT2D eigenvalue weighted by molar-refractivity contribution is 5.89. The Bertz CT molecular complexity index is 419. The second-order valence-corrected chi connectivity index (χ2v) is 5.75.